The largest absolute Gasteiger partial charge is 0.361 e. The van der Waals surface area contributed by atoms with E-state index in [9.17, 15) is 14.4 Å². The highest BCUT2D eigenvalue weighted by Crippen LogP contribution is 2.21. The average Bonchev–Trinajstić information content (AvgIpc) is 3.04. The Kier molecular flexibility index (Phi) is 4.24. The molecule has 1 aliphatic heterocycles. The number of hydrogen-bond donors (Lipinski definition) is 3. The summed E-state index contributed by atoms with van der Waals surface area (Å²) in [6.45, 7) is 3.39. The van der Waals surface area contributed by atoms with Crippen molar-refractivity contribution < 1.29 is 14.4 Å². The van der Waals surface area contributed by atoms with Crippen LogP contribution in [0, 0.1) is 0 Å². The molecule has 0 bridgehead atoms. The van der Waals surface area contributed by atoms with E-state index in [1.54, 1.807) is 0 Å². The minimum atomic E-state index is -0.649. The van der Waals surface area contributed by atoms with Crippen molar-refractivity contribution in [1.29, 1.82) is 0 Å². The number of nitrogens with one attached hydrogen (secondary N) is 3. The van der Waals surface area contributed by atoms with Gasteiger partial charge in [0, 0.05) is 29.6 Å². The van der Waals surface area contributed by atoms with Crippen LogP contribution in [0.15, 0.2) is 30.5 Å². The molecule has 24 heavy (non-hydrogen) atoms. The first-order valence-electron chi connectivity index (χ1n) is 7.92. The summed E-state index contributed by atoms with van der Waals surface area (Å²) in [6, 6.07) is 6.57. The van der Waals surface area contributed by atoms with Gasteiger partial charge in [0.05, 0.1) is 0 Å². The molecule has 1 unspecified atom stereocenters. The number of hydrogen-bond acceptors (Lipinski definition) is 3. The van der Waals surface area contributed by atoms with Crippen molar-refractivity contribution in [3.63, 3.8) is 0 Å². The molecule has 1 fully saturated rings. The number of imide groups is 1. The topological polar surface area (TPSA) is 94.3 Å². The second kappa shape index (κ2) is 6.35. The Hall–Kier alpha value is -2.83. The van der Waals surface area contributed by atoms with Gasteiger partial charge in [0.1, 0.15) is 12.6 Å². The third-order valence-corrected chi connectivity index (χ3v) is 3.96. The highest BCUT2D eigenvalue weighted by Gasteiger charge is 2.39. The van der Waals surface area contributed by atoms with Gasteiger partial charge in [0.2, 0.25) is 5.91 Å². The summed E-state index contributed by atoms with van der Waals surface area (Å²) in [5, 5.41) is 6.36. The lowest BCUT2D eigenvalue weighted by Gasteiger charge is -2.14. The number of carbonyl (C=O) groups is 3. The minimum Gasteiger partial charge on any atom is -0.361 e. The molecule has 2 aromatic rings. The van der Waals surface area contributed by atoms with Crippen LogP contribution in [0.25, 0.3) is 10.9 Å². The van der Waals surface area contributed by atoms with Crippen LogP contribution in [-0.2, 0) is 16.0 Å². The predicted octanol–water partition coefficient (Wildman–Crippen LogP) is 1.16. The molecule has 1 aromatic heterocycles. The number of urea groups is 1. The summed E-state index contributed by atoms with van der Waals surface area (Å²) in [5.74, 6) is -0.717. The van der Waals surface area contributed by atoms with Crippen LogP contribution in [0.2, 0.25) is 0 Å². The molecule has 0 radical (unpaired) electrons. The molecule has 3 N–H and O–H groups in total. The van der Waals surface area contributed by atoms with E-state index < -0.39 is 12.1 Å². The monoisotopic (exact) mass is 328 g/mol. The van der Waals surface area contributed by atoms with Crippen LogP contribution in [0.3, 0.4) is 0 Å². The summed E-state index contributed by atoms with van der Waals surface area (Å²) in [7, 11) is 0. The van der Waals surface area contributed by atoms with Crippen LogP contribution in [0.5, 0.6) is 0 Å². The Bertz CT molecular complexity index is 796. The van der Waals surface area contributed by atoms with Crippen molar-refractivity contribution in [2.24, 2.45) is 0 Å². The number of aromatic amines is 1. The molecule has 4 amide bonds. The maximum absolute atomic E-state index is 12.5. The van der Waals surface area contributed by atoms with Gasteiger partial charge in [0.15, 0.2) is 0 Å². The fraction of sp³-hybridized carbons (Fsp3) is 0.353. The zero-order valence-corrected chi connectivity index (χ0v) is 13.6. The smallest absolute Gasteiger partial charge is 0.325 e. The fourth-order valence-electron chi connectivity index (χ4n) is 2.90. The molecule has 1 aromatic carbocycles. The summed E-state index contributed by atoms with van der Waals surface area (Å²) < 4.78 is 0. The van der Waals surface area contributed by atoms with E-state index in [-0.39, 0.29) is 24.4 Å². The first kappa shape index (κ1) is 16.0. The van der Waals surface area contributed by atoms with Gasteiger partial charge in [-0.25, -0.2) is 4.79 Å². The number of nitrogens with zero attached hydrogens (tertiary/aromatic N) is 1. The van der Waals surface area contributed by atoms with Crippen molar-refractivity contribution in [1.82, 2.24) is 20.5 Å². The standard InChI is InChI=1S/C17H20N4O3/c1-10(2)19-15(22)9-21-16(23)14(20-17(21)24)7-11-8-18-13-6-4-3-5-12(11)13/h3-6,8,10,14,18H,7,9H2,1-2H3,(H,19,22)(H,20,24). The lowest BCUT2D eigenvalue weighted by molar-refractivity contribution is -0.132. The third kappa shape index (κ3) is 3.10. The summed E-state index contributed by atoms with van der Waals surface area (Å²) in [5.41, 5.74) is 1.94. The molecule has 126 valence electrons. The average molecular weight is 328 g/mol. The number of H-pyrrole nitrogens is 1. The molecule has 0 aliphatic carbocycles. The lowest BCUT2D eigenvalue weighted by Crippen LogP contribution is -2.43. The molecule has 2 heterocycles. The van der Waals surface area contributed by atoms with Gasteiger partial charge in [-0.05, 0) is 25.5 Å². The molecule has 0 saturated carbocycles. The third-order valence-electron chi connectivity index (χ3n) is 3.96. The molecule has 7 nitrogen and oxygen atoms in total. The molecule has 1 saturated heterocycles. The Morgan fingerprint density at radius 1 is 1.29 bits per heavy atom. The summed E-state index contributed by atoms with van der Waals surface area (Å²) >= 11 is 0. The Balaban J connectivity index is 1.71. The van der Waals surface area contributed by atoms with Crippen LogP contribution < -0.4 is 10.6 Å². The maximum Gasteiger partial charge on any atom is 0.325 e. The molecule has 1 atom stereocenters. The van der Waals surface area contributed by atoms with E-state index in [4.69, 9.17) is 0 Å². The van der Waals surface area contributed by atoms with Crippen LogP contribution in [0.1, 0.15) is 19.4 Å². The van der Waals surface area contributed by atoms with E-state index in [0.717, 1.165) is 21.4 Å². The first-order chi connectivity index (χ1) is 11.5. The zero-order chi connectivity index (χ0) is 17.3. The Morgan fingerprint density at radius 2 is 2.04 bits per heavy atom. The number of carbonyl (C=O) groups excluding carboxylic acids is 3. The number of para-hydroxylation sites is 1. The zero-order valence-electron chi connectivity index (χ0n) is 13.6. The Labute approximate surface area is 139 Å². The van der Waals surface area contributed by atoms with Gasteiger partial charge in [-0.2, -0.15) is 0 Å². The van der Waals surface area contributed by atoms with Crippen molar-refractivity contribution in [3.8, 4) is 0 Å². The highest BCUT2D eigenvalue weighted by atomic mass is 16.2. The van der Waals surface area contributed by atoms with Crippen molar-refractivity contribution in [2.45, 2.75) is 32.4 Å². The number of aromatic nitrogens is 1. The molecular formula is C17H20N4O3. The first-order valence-corrected chi connectivity index (χ1v) is 7.92. The molecule has 0 spiro atoms. The van der Waals surface area contributed by atoms with Gasteiger partial charge in [-0.15, -0.1) is 0 Å². The van der Waals surface area contributed by atoms with Gasteiger partial charge < -0.3 is 15.6 Å². The van der Waals surface area contributed by atoms with Crippen molar-refractivity contribution in [3.05, 3.63) is 36.0 Å². The number of rotatable bonds is 5. The lowest BCUT2D eigenvalue weighted by atomic mass is 10.1. The quantitative estimate of drug-likeness (QED) is 0.719. The maximum atomic E-state index is 12.5. The van der Waals surface area contributed by atoms with Crippen molar-refractivity contribution >= 4 is 28.7 Å². The van der Waals surface area contributed by atoms with E-state index in [0.29, 0.717) is 6.42 Å². The Morgan fingerprint density at radius 3 is 2.79 bits per heavy atom. The van der Waals surface area contributed by atoms with Crippen LogP contribution >= 0.6 is 0 Å². The molecule has 1 aliphatic rings. The van der Waals surface area contributed by atoms with Crippen LogP contribution in [0.4, 0.5) is 4.79 Å². The second-order valence-electron chi connectivity index (χ2n) is 6.21. The number of fused-ring (bicyclic) bond motifs is 1. The van der Waals surface area contributed by atoms with Gasteiger partial charge in [-0.1, -0.05) is 18.2 Å². The number of amides is 4. The second-order valence-corrected chi connectivity index (χ2v) is 6.21. The minimum absolute atomic E-state index is 0.0414. The van der Waals surface area contributed by atoms with E-state index >= 15 is 0 Å². The summed E-state index contributed by atoms with van der Waals surface area (Å²) in [4.78, 5) is 40.4. The SMILES string of the molecule is CC(C)NC(=O)CN1C(=O)NC(Cc2c[nH]c3ccccc23)C1=O. The predicted molar refractivity (Wildman–Crippen MR) is 89.3 cm³/mol. The molecule has 7 heteroatoms. The van der Waals surface area contributed by atoms with E-state index in [1.165, 1.54) is 0 Å². The van der Waals surface area contributed by atoms with Gasteiger partial charge >= 0.3 is 6.03 Å². The number of benzene rings is 1. The summed E-state index contributed by atoms with van der Waals surface area (Å²) in [6.07, 6.45) is 2.23. The van der Waals surface area contributed by atoms with Gasteiger partial charge in [0.25, 0.3) is 5.91 Å². The van der Waals surface area contributed by atoms with Crippen molar-refractivity contribution in [2.75, 3.05) is 6.54 Å². The van der Waals surface area contributed by atoms with E-state index in [1.807, 2.05) is 44.3 Å². The highest BCUT2D eigenvalue weighted by molar-refractivity contribution is 6.06. The van der Waals surface area contributed by atoms with E-state index in [2.05, 4.69) is 15.6 Å². The van der Waals surface area contributed by atoms with Crippen LogP contribution in [-0.4, -0.2) is 46.4 Å². The van der Waals surface area contributed by atoms with Gasteiger partial charge in [-0.3, -0.25) is 14.5 Å². The molecule has 3 rings (SSSR count). The fourth-order valence-corrected chi connectivity index (χ4v) is 2.90. The normalized spacial score (nSPS) is 17.6. The molecular weight excluding hydrogens is 308 g/mol.